The zero-order chi connectivity index (χ0) is 12.7. The van der Waals surface area contributed by atoms with Crippen LogP contribution in [0.3, 0.4) is 0 Å². The number of benzene rings is 1. The number of hydrogen-bond donors (Lipinski definition) is 0. The molecule has 3 nitrogen and oxygen atoms in total. The number of aromatic nitrogens is 1. The highest BCUT2D eigenvalue weighted by Gasteiger charge is 2.29. The Kier molecular flexibility index (Phi) is 2.90. The van der Waals surface area contributed by atoms with Gasteiger partial charge in [0, 0.05) is 34.7 Å². The molecule has 1 heterocycles. The Hall–Kier alpha value is -1.29. The van der Waals surface area contributed by atoms with Gasteiger partial charge in [0.05, 0.1) is 0 Å². The molecule has 1 aliphatic rings. The van der Waals surface area contributed by atoms with Crippen molar-refractivity contribution in [1.29, 1.82) is 0 Å². The molecule has 1 amide bonds. The van der Waals surface area contributed by atoms with Crippen LogP contribution in [0.1, 0.15) is 12.8 Å². The molecule has 3 rings (SSSR count). The minimum absolute atomic E-state index is 0.190. The molecule has 18 heavy (non-hydrogen) atoms. The molecule has 94 valence electrons. The van der Waals surface area contributed by atoms with E-state index in [0.29, 0.717) is 12.6 Å². The molecule has 2 aromatic rings. The van der Waals surface area contributed by atoms with Gasteiger partial charge in [-0.2, -0.15) is 0 Å². The molecule has 0 unspecified atom stereocenters. The lowest BCUT2D eigenvalue weighted by Crippen LogP contribution is -2.31. The van der Waals surface area contributed by atoms with E-state index in [4.69, 9.17) is 0 Å². The molecule has 0 radical (unpaired) electrons. The Morgan fingerprint density at radius 2 is 2.22 bits per heavy atom. The molecule has 1 aromatic heterocycles. The Bertz CT molecular complexity index is 601. The van der Waals surface area contributed by atoms with Crippen molar-refractivity contribution in [2.75, 3.05) is 7.05 Å². The summed E-state index contributed by atoms with van der Waals surface area (Å²) < 4.78 is 3.09. The summed E-state index contributed by atoms with van der Waals surface area (Å²) in [5, 5.41) is 1.15. The highest BCUT2D eigenvalue weighted by Crippen LogP contribution is 2.27. The number of carbonyl (C=O) groups excluding carboxylic acids is 1. The normalized spacial score (nSPS) is 15.0. The maximum Gasteiger partial charge on any atom is 0.242 e. The molecule has 1 aliphatic carbocycles. The third-order valence-corrected chi connectivity index (χ3v) is 4.25. The summed E-state index contributed by atoms with van der Waals surface area (Å²) in [6.07, 6.45) is 4.29. The van der Waals surface area contributed by atoms with E-state index in [-0.39, 0.29) is 5.91 Å². The van der Waals surface area contributed by atoms with Crippen molar-refractivity contribution in [3.05, 3.63) is 34.9 Å². The summed E-state index contributed by atoms with van der Waals surface area (Å²) in [6.45, 7) is 0.424. The number of halogens is 1. The second-order valence-corrected chi connectivity index (χ2v) is 5.71. The van der Waals surface area contributed by atoms with E-state index in [0.717, 1.165) is 28.2 Å². The van der Waals surface area contributed by atoms with E-state index in [9.17, 15) is 4.79 Å². The zero-order valence-electron chi connectivity index (χ0n) is 10.3. The maximum atomic E-state index is 12.1. The average molecular weight is 307 g/mol. The lowest BCUT2D eigenvalue weighted by molar-refractivity contribution is -0.130. The second-order valence-electron chi connectivity index (χ2n) is 4.85. The lowest BCUT2D eigenvalue weighted by atomic mass is 10.2. The van der Waals surface area contributed by atoms with Crippen LogP contribution in [0, 0.1) is 0 Å². The van der Waals surface area contributed by atoms with Crippen LogP contribution in [-0.2, 0) is 11.3 Å². The van der Waals surface area contributed by atoms with Gasteiger partial charge in [-0.05, 0) is 31.0 Å². The first kappa shape index (κ1) is 11.8. The third kappa shape index (κ3) is 2.05. The van der Waals surface area contributed by atoms with Crippen LogP contribution in [0.5, 0.6) is 0 Å². The van der Waals surface area contributed by atoms with Gasteiger partial charge in [-0.3, -0.25) is 4.79 Å². The van der Waals surface area contributed by atoms with Gasteiger partial charge in [-0.1, -0.05) is 22.0 Å². The van der Waals surface area contributed by atoms with Gasteiger partial charge in [0.15, 0.2) is 0 Å². The summed E-state index contributed by atoms with van der Waals surface area (Å²) in [6, 6.07) is 8.59. The Morgan fingerprint density at radius 3 is 2.94 bits per heavy atom. The van der Waals surface area contributed by atoms with Gasteiger partial charge in [-0.25, -0.2) is 0 Å². The summed E-state index contributed by atoms with van der Waals surface area (Å²) in [4.78, 5) is 14.0. The Labute approximate surface area is 115 Å². The monoisotopic (exact) mass is 306 g/mol. The number of rotatable bonds is 3. The number of likely N-dealkylation sites (N-methyl/N-ethyl adjacent to an activating group) is 1. The lowest BCUT2D eigenvalue weighted by Gasteiger charge is -2.17. The van der Waals surface area contributed by atoms with Crippen molar-refractivity contribution in [3.8, 4) is 0 Å². The first-order valence-electron chi connectivity index (χ1n) is 6.16. The zero-order valence-corrected chi connectivity index (χ0v) is 11.9. The van der Waals surface area contributed by atoms with Crippen molar-refractivity contribution in [3.63, 3.8) is 0 Å². The molecular formula is C14H15BrN2O. The molecule has 1 fully saturated rings. The number of hydrogen-bond acceptors (Lipinski definition) is 1. The SMILES string of the molecule is CN(C(=O)Cn1ccc2c(Br)cccc21)C1CC1. The summed E-state index contributed by atoms with van der Waals surface area (Å²) in [5.41, 5.74) is 1.10. The maximum absolute atomic E-state index is 12.1. The van der Waals surface area contributed by atoms with Gasteiger partial charge in [0.2, 0.25) is 5.91 Å². The summed E-state index contributed by atoms with van der Waals surface area (Å²) >= 11 is 3.53. The van der Waals surface area contributed by atoms with Crippen LogP contribution < -0.4 is 0 Å². The van der Waals surface area contributed by atoms with Crippen molar-refractivity contribution in [1.82, 2.24) is 9.47 Å². The van der Waals surface area contributed by atoms with Crippen LogP contribution in [0.2, 0.25) is 0 Å². The van der Waals surface area contributed by atoms with E-state index >= 15 is 0 Å². The molecular weight excluding hydrogens is 292 g/mol. The first-order chi connectivity index (χ1) is 8.66. The van der Waals surface area contributed by atoms with Gasteiger partial charge in [-0.15, -0.1) is 0 Å². The van der Waals surface area contributed by atoms with E-state index < -0.39 is 0 Å². The second kappa shape index (κ2) is 4.43. The fourth-order valence-corrected chi connectivity index (χ4v) is 2.73. The molecule has 0 spiro atoms. The first-order valence-corrected chi connectivity index (χ1v) is 6.95. The van der Waals surface area contributed by atoms with Crippen LogP contribution in [0.25, 0.3) is 10.9 Å². The van der Waals surface area contributed by atoms with Gasteiger partial charge >= 0.3 is 0 Å². The van der Waals surface area contributed by atoms with E-state index in [2.05, 4.69) is 15.9 Å². The molecule has 0 N–H and O–H groups in total. The predicted octanol–water partition coefficient (Wildman–Crippen LogP) is 3.02. The highest BCUT2D eigenvalue weighted by atomic mass is 79.9. The topological polar surface area (TPSA) is 25.2 Å². The van der Waals surface area contributed by atoms with Crippen molar-refractivity contribution in [2.24, 2.45) is 0 Å². The van der Waals surface area contributed by atoms with Crippen LogP contribution >= 0.6 is 15.9 Å². The highest BCUT2D eigenvalue weighted by molar-refractivity contribution is 9.10. The minimum atomic E-state index is 0.190. The molecule has 4 heteroatoms. The van der Waals surface area contributed by atoms with Crippen molar-refractivity contribution in [2.45, 2.75) is 25.4 Å². The quantitative estimate of drug-likeness (QED) is 0.855. The van der Waals surface area contributed by atoms with Gasteiger partial charge in [0.1, 0.15) is 6.54 Å². The third-order valence-electron chi connectivity index (χ3n) is 3.55. The fourth-order valence-electron chi connectivity index (χ4n) is 2.25. The smallest absolute Gasteiger partial charge is 0.242 e. The fraction of sp³-hybridized carbons (Fsp3) is 0.357. The number of amides is 1. The summed E-state index contributed by atoms with van der Waals surface area (Å²) in [7, 11) is 1.90. The molecule has 1 saturated carbocycles. The summed E-state index contributed by atoms with van der Waals surface area (Å²) in [5.74, 6) is 0.190. The molecule has 0 aliphatic heterocycles. The minimum Gasteiger partial charge on any atom is -0.341 e. The number of nitrogens with zero attached hydrogens (tertiary/aromatic N) is 2. The Balaban J connectivity index is 1.86. The van der Waals surface area contributed by atoms with E-state index in [1.807, 2.05) is 47.0 Å². The molecule has 0 saturated heterocycles. The van der Waals surface area contributed by atoms with E-state index in [1.165, 1.54) is 0 Å². The van der Waals surface area contributed by atoms with Gasteiger partial charge in [0.25, 0.3) is 0 Å². The van der Waals surface area contributed by atoms with Crippen LogP contribution in [0.4, 0.5) is 0 Å². The van der Waals surface area contributed by atoms with Gasteiger partial charge < -0.3 is 9.47 Å². The van der Waals surface area contributed by atoms with E-state index in [1.54, 1.807) is 0 Å². The van der Waals surface area contributed by atoms with Crippen molar-refractivity contribution >= 4 is 32.7 Å². The molecule has 0 atom stereocenters. The molecule has 1 aromatic carbocycles. The van der Waals surface area contributed by atoms with Crippen LogP contribution in [0.15, 0.2) is 34.9 Å². The average Bonchev–Trinajstić information content (AvgIpc) is 3.12. The number of fused-ring (bicyclic) bond motifs is 1. The number of carbonyl (C=O) groups is 1. The largest absolute Gasteiger partial charge is 0.341 e. The predicted molar refractivity (Wildman–Crippen MR) is 75.4 cm³/mol. The standard InChI is InChI=1S/C14H15BrN2O/c1-16(10-5-6-10)14(18)9-17-8-7-11-12(15)3-2-4-13(11)17/h2-4,7-8,10H,5-6,9H2,1H3. The van der Waals surface area contributed by atoms with Crippen LogP contribution in [-0.4, -0.2) is 28.5 Å². The van der Waals surface area contributed by atoms with Crippen molar-refractivity contribution < 1.29 is 4.79 Å². The Morgan fingerprint density at radius 1 is 1.44 bits per heavy atom. The molecule has 0 bridgehead atoms.